The van der Waals surface area contributed by atoms with E-state index in [1.54, 1.807) is 24.3 Å². The molecule has 6 heteroatoms. The summed E-state index contributed by atoms with van der Waals surface area (Å²) in [6.07, 6.45) is 0.327. The Balaban J connectivity index is 1.80. The van der Waals surface area contributed by atoms with Crippen molar-refractivity contribution in [3.63, 3.8) is 0 Å². The van der Waals surface area contributed by atoms with Gasteiger partial charge in [-0.25, -0.2) is 13.2 Å². The number of nitrogens with one attached hydrogen (secondary N) is 1. The van der Waals surface area contributed by atoms with Crippen molar-refractivity contribution in [3.8, 4) is 0 Å². The second kappa shape index (κ2) is 5.87. The lowest BCUT2D eigenvalue weighted by atomic mass is 9.82. The minimum Gasteiger partial charge on any atom is -0.323 e. The fraction of sp³-hybridized carbons (Fsp3) is 0.176. The first kappa shape index (κ1) is 15.3. The van der Waals surface area contributed by atoms with Crippen molar-refractivity contribution >= 4 is 17.4 Å². The molecule has 0 spiro atoms. The van der Waals surface area contributed by atoms with Crippen molar-refractivity contribution in [2.24, 2.45) is 5.92 Å². The molecule has 1 N–H and O–H groups in total. The largest absolute Gasteiger partial charge is 0.323 e. The van der Waals surface area contributed by atoms with Crippen LogP contribution in [0.2, 0.25) is 0 Å². The van der Waals surface area contributed by atoms with E-state index in [9.17, 15) is 22.8 Å². The van der Waals surface area contributed by atoms with Crippen LogP contribution < -0.4 is 5.32 Å². The van der Waals surface area contributed by atoms with Gasteiger partial charge < -0.3 is 5.32 Å². The van der Waals surface area contributed by atoms with Gasteiger partial charge in [0.05, 0.1) is 5.69 Å². The normalized spacial score (nSPS) is 16.8. The Kier molecular flexibility index (Phi) is 3.90. The molecule has 0 bridgehead atoms. The van der Waals surface area contributed by atoms with Crippen LogP contribution in [-0.4, -0.2) is 11.7 Å². The van der Waals surface area contributed by atoms with Crippen LogP contribution in [-0.2, 0) is 11.2 Å². The van der Waals surface area contributed by atoms with Crippen LogP contribution in [0.5, 0.6) is 0 Å². The first-order valence-corrected chi connectivity index (χ1v) is 7.03. The zero-order valence-electron chi connectivity index (χ0n) is 11.9. The number of Topliss-reactive ketones (excluding diaryl/α,β-unsaturated/α-hetero) is 1. The van der Waals surface area contributed by atoms with Crippen LogP contribution in [0.15, 0.2) is 36.4 Å². The number of benzene rings is 2. The molecule has 118 valence electrons. The van der Waals surface area contributed by atoms with Crippen LogP contribution >= 0.6 is 0 Å². The quantitative estimate of drug-likeness (QED) is 0.861. The van der Waals surface area contributed by atoms with E-state index in [1.807, 2.05) is 0 Å². The summed E-state index contributed by atoms with van der Waals surface area (Å²) < 4.78 is 39.7. The Labute approximate surface area is 130 Å². The summed E-state index contributed by atoms with van der Waals surface area (Å²) in [5.41, 5.74) is 0.880. The van der Waals surface area contributed by atoms with E-state index in [2.05, 4.69) is 5.32 Å². The molecule has 1 aliphatic carbocycles. The number of rotatable bonds is 2. The number of fused-ring (bicyclic) bond motifs is 1. The number of carbonyl (C=O) groups is 2. The van der Waals surface area contributed by atoms with E-state index < -0.39 is 35.0 Å². The fourth-order valence-electron chi connectivity index (χ4n) is 2.68. The third-order valence-electron chi connectivity index (χ3n) is 3.88. The SMILES string of the molecule is O=C1CC(C(=O)Nc2ccc(F)c(F)c2F)Cc2ccccc21. The summed E-state index contributed by atoms with van der Waals surface area (Å²) in [4.78, 5) is 24.3. The molecule has 1 aliphatic rings. The van der Waals surface area contributed by atoms with Crippen molar-refractivity contribution in [3.05, 3.63) is 65.0 Å². The first-order valence-electron chi connectivity index (χ1n) is 7.03. The van der Waals surface area contributed by atoms with E-state index in [1.165, 1.54) is 0 Å². The zero-order valence-corrected chi connectivity index (χ0v) is 11.9. The van der Waals surface area contributed by atoms with Gasteiger partial charge in [-0.3, -0.25) is 9.59 Å². The molecule has 2 aromatic carbocycles. The maximum Gasteiger partial charge on any atom is 0.228 e. The molecule has 1 unspecified atom stereocenters. The van der Waals surface area contributed by atoms with Crippen molar-refractivity contribution in [1.82, 2.24) is 0 Å². The van der Waals surface area contributed by atoms with Crippen molar-refractivity contribution in [2.75, 3.05) is 5.32 Å². The maximum atomic E-state index is 13.6. The number of ketones is 1. The van der Waals surface area contributed by atoms with Gasteiger partial charge in [0.1, 0.15) is 0 Å². The van der Waals surface area contributed by atoms with Gasteiger partial charge in [-0.1, -0.05) is 24.3 Å². The van der Waals surface area contributed by atoms with E-state index in [-0.39, 0.29) is 12.2 Å². The molecule has 0 saturated heterocycles. The van der Waals surface area contributed by atoms with Gasteiger partial charge in [0, 0.05) is 17.9 Å². The molecule has 0 radical (unpaired) electrons. The number of carbonyl (C=O) groups excluding carboxylic acids is 2. The summed E-state index contributed by atoms with van der Waals surface area (Å²) >= 11 is 0. The second-order valence-electron chi connectivity index (χ2n) is 5.40. The lowest BCUT2D eigenvalue weighted by Gasteiger charge is -2.23. The van der Waals surface area contributed by atoms with E-state index in [0.29, 0.717) is 12.0 Å². The molecular weight excluding hydrogens is 307 g/mol. The highest BCUT2D eigenvalue weighted by atomic mass is 19.2. The molecule has 3 nitrogen and oxygen atoms in total. The molecule has 0 saturated carbocycles. The fourth-order valence-corrected chi connectivity index (χ4v) is 2.68. The molecule has 1 atom stereocenters. The van der Waals surface area contributed by atoms with Crippen molar-refractivity contribution in [2.45, 2.75) is 12.8 Å². The number of halogens is 3. The minimum absolute atomic E-state index is 0.00581. The van der Waals surface area contributed by atoms with Crippen LogP contribution in [0.1, 0.15) is 22.3 Å². The number of anilines is 1. The summed E-state index contributed by atoms with van der Waals surface area (Å²) in [5, 5.41) is 2.23. The average Bonchev–Trinajstić information content (AvgIpc) is 2.55. The Bertz CT molecular complexity index is 804. The molecule has 3 rings (SSSR count). The predicted molar refractivity (Wildman–Crippen MR) is 77.5 cm³/mol. The number of amides is 1. The van der Waals surface area contributed by atoms with Gasteiger partial charge in [-0.2, -0.15) is 0 Å². The lowest BCUT2D eigenvalue weighted by Crippen LogP contribution is -2.31. The van der Waals surface area contributed by atoms with Crippen LogP contribution in [0.25, 0.3) is 0 Å². The van der Waals surface area contributed by atoms with E-state index in [0.717, 1.165) is 17.7 Å². The zero-order chi connectivity index (χ0) is 16.6. The Morgan fingerprint density at radius 3 is 2.52 bits per heavy atom. The smallest absolute Gasteiger partial charge is 0.228 e. The van der Waals surface area contributed by atoms with E-state index in [4.69, 9.17) is 0 Å². The molecule has 0 aliphatic heterocycles. The van der Waals surface area contributed by atoms with Gasteiger partial charge in [0.25, 0.3) is 0 Å². The van der Waals surface area contributed by atoms with Gasteiger partial charge in [-0.05, 0) is 24.1 Å². The highest BCUT2D eigenvalue weighted by molar-refractivity contribution is 6.03. The first-order chi connectivity index (χ1) is 11.0. The van der Waals surface area contributed by atoms with Gasteiger partial charge >= 0.3 is 0 Å². The standard InChI is InChI=1S/C17H12F3NO2/c18-12-5-6-13(16(20)15(12)19)21-17(23)10-7-9-3-1-2-4-11(9)14(22)8-10/h1-6,10H,7-8H2,(H,21,23). The molecule has 23 heavy (non-hydrogen) atoms. The Hall–Kier alpha value is -2.63. The Morgan fingerprint density at radius 2 is 1.74 bits per heavy atom. The number of hydrogen-bond acceptors (Lipinski definition) is 2. The van der Waals surface area contributed by atoms with Crippen LogP contribution in [0.4, 0.5) is 18.9 Å². The highest BCUT2D eigenvalue weighted by Gasteiger charge is 2.30. The highest BCUT2D eigenvalue weighted by Crippen LogP contribution is 2.27. The second-order valence-corrected chi connectivity index (χ2v) is 5.40. The average molecular weight is 319 g/mol. The van der Waals surface area contributed by atoms with Crippen molar-refractivity contribution in [1.29, 1.82) is 0 Å². The monoisotopic (exact) mass is 319 g/mol. The summed E-state index contributed by atoms with van der Waals surface area (Å²) in [5.74, 6) is -5.88. The topological polar surface area (TPSA) is 46.2 Å². The van der Waals surface area contributed by atoms with Gasteiger partial charge in [0.2, 0.25) is 5.91 Å². The minimum atomic E-state index is -1.65. The maximum absolute atomic E-state index is 13.6. The summed E-state index contributed by atoms with van der Waals surface area (Å²) in [6, 6.07) is 8.64. The predicted octanol–water partition coefficient (Wildman–Crippen LogP) is 3.49. The molecule has 0 heterocycles. The third-order valence-corrected chi connectivity index (χ3v) is 3.88. The van der Waals surface area contributed by atoms with Crippen molar-refractivity contribution < 1.29 is 22.8 Å². The molecule has 0 aromatic heterocycles. The molecule has 2 aromatic rings. The van der Waals surface area contributed by atoms with Crippen LogP contribution in [0.3, 0.4) is 0 Å². The number of hydrogen-bond donors (Lipinski definition) is 1. The molecule has 1 amide bonds. The van der Waals surface area contributed by atoms with Crippen LogP contribution in [0, 0.1) is 23.4 Å². The van der Waals surface area contributed by atoms with Gasteiger partial charge in [-0.15, -0.1) is 0 Å². The summed E-state index contributed by atoms with van der Waals surface area (Å²) in [6.45, 7) is 0. The Morgan fingerprint density at radius 1 is 1.00 bits per heavy atom. The molecular formula is C17H12F3NO2. The lowest BCUT2D eigenvalue weighted by molar-refractivity contribution is -0.119. The van der Waals surface area contributed by atoms with E-state index >= 15 is 0 Å². The third kappa shape index (κ3) is 2.84. The van der Waals surface area contributed by atoms with Gasteiger partial charge in [0.15, 0.2) is 23.2 Å². The molecule has 0 fully saturated rings. The summed E-state index contributed by atoms with van der Waals surface area (Å²) in [7, 11) is 0.